The van der Waals surface area contributed by atoms with Crippen LogP contribution in [0.15, 0.2) is 24.3 Å². The van der Waals surface area contributed by atoms with Crippen molar-refractivity contribution < 1.29 is 14.3 Å². The summed E-state index contributed by atoms with van der Waals surface area (Å²) in [7, 11) is 0. The Hall–Kier alpha value is -2.04. The standard InChI is InChI=1S/C16H22N2O3/c1-16(2,3)21-15(20)17-13-7-8-18(10-13)14-6-4-5-12(9-14)11-19/h4-6,9,11,13H,7-8,10H2,1-3H3,(H,17,20)/t13-/m1/s1. The van der Waals surface area contributed by atoms with Crippen LogP contribution in [0.5, 0.6) is 0 Å². The number of nitrogens with zero attached hydrogens (tertiary/aromatic N) is 1. The van der Waals surface area contributed by atoms with E-state index in [1.807, 2.05) is 39.0 Å². The van der Waals surface area contributed by atoms with Crippen LogP contribution in [0.1, 0.15) is 37.6 Å². The molecule has 0 aromatic heterocycles. The van der Waals surface area contributed by atoms with E-state index in [2.05, 4.69) is 10.2 Å². The fourth-order valence-electron chi connectivity index (χ4n) is 2.38. The molecule has 1 atom stereocenters. The van der Waals surface area contributed by atoms with Gasteiger partial charge < -0.3 is 15.0 Å². The third kappa shape index (κ3) is 4.48. The molecule has 1 amide bonds. The van der Waals surface area contributed by atoms with Crippen LogP contribution in [-0.2, 0) is 4.74 Å². The first-order valence-corrected chi connectivity index (χ1v) is 7.17. The summed E-state index contributed by atoms with van der Waals surface area (Å²) in [6.45, 7) is 7.11. The summed E-state index contributed by atoms with van der Waals surface area (Å²) in [6.07, 6.45) is 1.33. The summed E-state index contributed by atoms with van der Waals surface area (Å²) < 4.78 is 5.26. The Labute approximate surface area is 125 Å². The SMILES string of the molecule is CC(C)(C)OC(=O)N[C@@H]1CCN(c2cccc(C=O)c2)C1. The van der Waals surface area contributed by atoms with Gasteiger partial charge in [-0.1, -0.05) is 12.1 Å². The van der Waals surface area contributed by atoms with E-state index in [1.165, 1.54) is 0 Å². The number of alkyl carbamates (subject to hydrolysis) is 1. The van der Waals surface area contributed by atoms with Gasteiger partial charge in [0.15, 0.2) is 0 Å². The van der Waals surface area contributed by atoms with Crippen molar-refractivity contribution in [1.82, 2.24) is 5.32 Å². The lowest BCUT2D eigenvalue weighted by atomic mass is 10.2. The van der Waals surface area contributed by atoms with Crippen LogP contribution in [0, 0.1) is 0 Å². The van der Waals surface area contributed by atoms with Crippen molar-refractivity contribution in [3.63, 3.8) is 0 Å². The predicted molar refractivity (Wildman–Crippen MR) is 81.8 cm³/mol. The highest BCUT2D eigenvalue weighted by Crippen LogP contribution is 2.21. The molecule has 0 unspecified atom stereocenters. The second kappa shape index (κ2) is 6.16. The molecule has 0 aliphatic carbocycles. The number of carbonyl (C=O) groups excluding carboxylic acids is 2. The van der Waals surface area contributed by atoms with E-state index in [0.29, 0.717) is 5.56 Å². The zero-order valence-electron chi connectivity index (χ0n) is 12.8. The molecule has 0 bridgehead atoms. The van der Waals surface area contributed by atoms with Gasteiger partial charge in [-0.05, 0) is 39.3 Å². The lowest BCUT2D eigenvalue weighted by Gasteiger charge is -2.22. The Bertz CT molecular complexity index is 522. The van der Waals surface area contributed by atoms with Crippen LogP contribution in [0.2, 0.25) is 0 Å². The highest BCUT2D eigenvalue weighted by atomic mass is 16.6. The minimum absolute atomic E-state index is 0.0692. The van der Waals surface area contributed by atoms with Crippen LogP contribution in [-0.4, -0.2) is 37.1 Å². The van der Waals surface area contributed by atoms with Gasteiger partial charge in [-0.25, -0.2) is 4.79 Å². The highest BCUT2D eigenvalue weighted by molar-refractivity contribution is 5.77. The third-order valence-corrected chi connectivity index (χ3v) is 3.28. The van der Waals surface area contributed by atoms with Crippen molar-refractivity contribution >= 4 is 18.1 Å². The summed E-state index contributed by atoms with van der Waals surface area (Å²) in [4.78, 5) is 24.7. The number of nitrogens with one attached hydrogen (secondary N) is 1. The number of hydrogen-bond acceptors (Lipinski definition) is 4. The summed E-state index contributed by atoms with van der Waals surface area (Å²) >= 11 is 0. The van der Waals surface area contributed by atoms with E-state index in [1.54, 1.807) is 6.07 Å². The first kappa shape index (κ1) is 15.4. The van der Waals surface area contributed by atoms with Gasteiger partial charge in [-0.3, -0.25) is 4.79 Å². The van der Waals surface area contributed by atoms with Crippen molar-refractivity contribution in [3.05, 3.63) is 29.8 Å². The number of benzene rings is 1. The number of rotatable bonds is 3. The molecule has 21 heavy (non-hydrogen) atoms. The number of anilines is 1. The second-order valence-corrected chi connectivity index (χ2v) is 6.29. The van der Waals surface area contributed by atoms with E-state index < -0.39 is 5.60 Å². The van der Waals surface area contributed by atoms with E-state index in [4.69, 9.17) is 4.74 Å². The van der Waals surface area contributed by atoms with Crippen LogP contribution in [0.3, 0.4) is 0 Å². The van der Waals surface area contributed by atoms with Gasteiger partial charge in [-0.2, -0.15) is 0 Å². The topological polar surface area (TPSA) is 58.6 Å². The lowest BCUT2D eigenvalue weighted by molar-refractivity contribution is 0.0509. The van der Waals surface area contributed by atoms with Crippen molar-refractivity contribution in [2.24, 2.45) is 0 Å². The largest absolute Gasteiger partial charge is 0.444 e. The van der Waals surface area contributed by atoms with Crippen molar-refractivity contribution in [2.75, 3.05) is 18.0 Å². The number of hydrogen-bond donors (Lipinski definition) is 1. The summed E-state index contributed by atoms with van der Waals surface area (Å²) in [5.74, 6) is 0. The quantitative estimate of drug-likeness (QED) is 0.869. The molecule has 1 aromatic rings. The molecule has 5 heteroatoms. The van der Waals surface area contributed by atoms with Gasteiger partial charge in [-0.15, -0.1) is 0 Å². The molecule has 5 nitrogen and oxygen atoms in total. The van der Waals surface area contributed by atoms with Gasteiger partial charge in [0.2, 0.25) is 0 Å². The minimum Gasteiger partial charge on any atom is -0.444 e. The number of amides is 1. The summed E-state index contributed by atoms with van der Waals surface area (Å²) in [5.41, 5.74) is 1.19. The van der Waals surface area contributed by atoms with Crippen LogP contribution >= 0.6 is 0 Å². The van der Waals surface area contributed by atoms with Crippen molar-refractivity contribution in [1.29, 1.82) is 0 Å². The molecule has 1 N–H and O–H groups in total. The first-order chi connectivity index (χ1) is 9.87. The lowest BCUT2D eigenvalue weighted by Crippen LogP contribution is -2.40. The van der Waals surface area contributed by atoms with Gasteiger partial charge in [0, 0.05) is 24.3 Å². The molecule has 2 rings (SSSR count). The summed E-state index contributed by atoms with van der Waals surface area (Å²) in [6, 6.07) is 7.56. The van der Waals surface area contributed by atoms with Crippen molar-refractivity contribution in [2.45, 2.75) is 38.8 Å². The van der Waals surface area contributed by atoms with E-state index in [0.717, 1.165) is 31.5 Å². The van der Waals surface area contributed by atoms with E-state index in [-0.39, 0.29) is 12.1 Å². The van der Waals surface area contributed by atoms with Crippen LogP contribution in [0.4, 0.5) is 10.5 Å². The Morgan fingerprint density at radius 1 is 1.43 bits per heavy atom. The molecule has 0 saturated carbocycles. The number of carbonyl (C=O) groups is 2. The Morgan fingerprint density at radius 3 is 2.86 bits per heavy atom. The molecule has 0 radical (unpaired) electrons. The van der Waals surface area contributed by atoms with Crippen LogP contribution in [0.25, 0.3) is 0 Å². The maximum Gasteiger partial charge on any atom is 0.407 e. The van der Waals surface area contributed by atoms with Crippen molar-refractivity contribution in [3.8, 4) is 0 Å². The van der Waals surface area contributed by atoms with E-state index in [9.17, 15) is 9.59 Å². The minimum atomic E-state index is -0.485. The molecule has 1 saturated heterocycles. The zero-order chi connectivity index (χ0) is 15.5. The molecule has 1 aromatic carbocycles. The normalized spacial score (nSPS) is 18.4. The molecular formula is C16H22N2O3. The van der Waals surface area contributed by atoms with E-state index >= 15 is 0 Å². The third-order valence-electron chi connectivity index (χ3n) is 3.28. The molecule has 1 heterocycles. The summed E-state index contributed by atoms with van der Waals surface area (Å²) in [5, 5.41) is 2.89. The van der Waals surface area contributed by atoms with Gasteiger partial charge in [0.05, 0.1) is 6.04 Å². The Balaban J connectivity index is 1.91. The fraction of sp³-hybridized carbons (Fsp3) is 0.500. The van der Waals surface area contributed by atoms with Gasteiger partial charge in [0.1, 0.15) is 11.9 Å². The molecule has 1 aliphatic rings. The first-order valence-electron chi connectivity index (χ1n) is 7.17. The molecular weight excluding hydrogens is 268 g/mol. The maximum atomic E-state index is 11.8. The molecule has 0 spiro atoms. The average molecular weight is 290 g/mol. The average Bonchev–Trinajstić information content (AvgIpc) is 2.85. The zero-order valence-corrected chi connectivity index (χ0v) is 12.8. The number of aldehydes is 1. The van der Waals surface area contributed by atoms with Gasteiger partial charge >= 0.3 is 6.09 Å². The molecule has 1 aliphatic heterocycles. The second-order valence-electron chi connectivity index (χ2n) is 6.29. The fourth-order valence-corrected chi connectivity index (χ4v) is 2.38. The van der Waals surface area contributed by atoms with Gasteiger partial charge in [0.25, 0.3) is 0 Å². The number of ether oxygens (including phenoxy) is 1. The monoisotopic (exact) mass is 290 g/mol. The molecule has 1 fully saturated rings. The van der Waals surface area contributed by atoms with Crippen LogP contribution < -0.4 is 10.2 Å². The molecule has 114 valence electrons. The smallest absolute Gasteiger partial charge is 0.407 e. The Morgan fingerprint density at radius 2 is 2.19 bits per heavy atom. The Kier molecular flexibility index (Phi) is 4.50. The maximum absolute atomic E-state index is 11.8. The highest BCUT2D eigenvalue weighted by Gasteiger charge is 2.26. The predicted octanol–water partition coefficient (Wildman–Crippen LogP) is 2.60.